The second-order valence-electron chi connectivity index (χ2n) is 7.49. The van der Waals surface area contributed by atoms with E-state index in [1.165, 1.54) is 0 Å². The van der Waals surface area contributed by atoms with Gasteiger partial charge in [0.15, 0.2) is 5.11 Å². The molecule has 1 fully saturated rings. The summed E-state index contributed by atoms with van der Waals surface area (Å²) in [5, 5.41) is 14.1. The summed E-state index contributed by atoms with van der Waals surface area (Å²) in [7, 11) is 0. The third-order valence-corrected chi connectivity index (χ3v) is 5.53. The highest BCUT2D eigenvalue weighted by Crippen LogP contribution is 2.19. The first-order valence-corrected chi connectivity index (χ1v) is 10.3. The highest BCUT2D eigenvalue weighted by molar-refractivity contribution is 7.80. The van der Waals surface area contributed by atoms with Crippen molar-refractivity contribution in [3.8, 4) is 0 Å². The molecule has 0 unspecified atom stereocenters. The number of thiocarbonyl (C=S) groups is 1. The molecule has 6 nitrogen and oxygen atoms in total. The quantitative estimate of drug-likeness (QED) is 0.616. The maximum atomic E-state index is 12.6. The molecule has 0 radical (unpaired) electrons. The van der Waals surface area contributed by atoms with E-state index in [2.05, 4.69) is 23.3 Å². The monoisotopic (exact) mass is 403 g/mol. The van der Waals surface area contributed by atoms with E-state index in [9.17, 15) is 9.90 Å². The Bertz CT molecular complexity index is 890. The summed E-state index contributed by atoms with van der Waals surface area (Å²) in [5.41, 5.74) is 3.67. The highest BCUT2D eigenvalue weighted by atomic mass is 32.1. The zero-order valence-electron chi connectivity index (χ0n) is 16.6. The average molecular weight is 404 g/mol. The minimum absolute atomic E-state index is 0.0807. The highest BCUT2D eigenvalue weighted by Gasteiger charge is 2.18. The Balaban J connectivity index is 1.78. The van der Waals surface area contributed by atoms with Gasteiger partial charge in [0.05, 0.1) is 12.6 Å². The Morgan fingerprint density at radius 3 is 2.93 bits per heavy atom. The van der Waals surface area contributed by atoms with Crippen molar-refractivity contribution in [1.82, 2.24) is 15.2 Å². The maximum Gasteiger partial charge on any atom is 0.253 e. The molecule has 0 saturated carbocycles. The fraction of sp³-hybridized carbons (Fsp3) is 0.524. The largest absolute Gasteiger partial charge is 0.396 e. The Morgan fingerprint density at radius 1 is 1.39 bits per heavy atom. The zero-order chi connectivity index (χ0) is 20.1. The van der Waals surface area contributed by atoms with Crippen LogP contribution >= 0.6 is 12.2 Å². The van der Waals surface area contributed by atoms with Crippen molar-refractivity contribution in [2.45, 2.75) is 45.8 Å². The number of H-pyrrole nitrogens is 1. The van der Waals surface area contributed by atoms with Gasteiger partial charge in [0.2, 0.25) is 0 Å². The van der Waals surface area contributed by atoms with E-state index >= 15 is 0 Å². The number of ether oxygens (including phenoxy) is 1. The van der Waals surface area contributed by atoms with Crippen LogP contribution in [0.1, 0.15) is 36.0 Å². The second-order valence-corrected chi connectivity index (χ2v) is 7.87. The van der Waals surface area contributed by atoms with Gasteiger partial charge in [-0.05, 0) is 68.6 Å². The van der Waals surface area contributed by atoms with Gasteiger partial charge >= 0.3 is 0 Å². The van der Waals surface area contributed by atoms with Crippen LogP contribution < -0.4 is 10.9 Å². The number of aromatic amines is 1. The molecule has 28 heavy (non-hydrogen) atoms. The topological polar surface area (TPSA) is 77.6 Å². The molecule has 0 bridgehead atoms. The van der Waals surface area contributed by atoms with Crippen molar-refractivity contribution in [1.29, 1.82) is 0 Å². The summed E-state index contributed by atoms with van der Waals surface area (Å²) in [6, 6.07) is 6.06. The molecule has 3 N–H and O–H groups in total. The Labute approximate surface area is 170 Å². The van der Waals surface area contributed by atoms with Gasteiger partial charge in [0.25, 0.3) is 5.56 Å². The third kappa shape index (κ3) is 5.10. The van der Waals surface area contributed by atoms with Crippen molar-refractivity contribution >= 4 is 28.2 Å². The van der Waals surface area contributed by atoms with Crippen LogP contribution in [0.4, 0.5) is 0 Å². The molecule has 2 heterocycles. The van der Waals surface area contributed by atoms with E-state index in [-0.39, 0.29) is 18.3 Å². The van der Waals surface area contributed by atoms with Crippen molar-refractivity contribution in [3.05, 3.63) is 45.2 Å². The van der Waals surface area contributed by atoms with Gasteiger partial charge in [0.1, 0.15) is 0 Å². The molecule has 7 heteroatoms. The average Bonchev–Trinajstić information content (AvgIpc) is 3.17. The number of aliphatic hydroxyl groups is 1. The standard InChI is InChI=1S/C21H29N3O3S/c1-14-9-15(2)18-11-16(20(26)23-19(18)10-14)13-24(6-4-7-25)21(28)22-12-17-5-3-8-27-17/h9-11,17,25H,3-8,12-13H2,1-2H3,(H,22,28)(H,23,26)/t17-/m0/s1. The summed E-state index contributed by atoms with van der Waals surface area (Å²) in [4.78, 5) is 17.6. The number of nitrogens with zero attached hydrogens (tertiary/aromatic N) is 1. The van der Waals surface area contributed by atoms with Crippen LogP contribution in [0, 0.1) is 13.8 Å². The number of fused-ring (bicyclic) bond motifs is 1. The Morgan fingerprint density at radius 2 is 2.21 bits per heavy atom. The van der Waals surface area contributed by atoms with Crippen LogP contribution in [0.15, 0.2) is 23.0 Å². The van der Waals surface area contributed by atoms with Crippen molar-refractivity contribution in [2.24, 2.45) is 0 Å². The molecule has 1 aromatic heterocycles. The minimum Gasteiger partial charge on any atom is -0.396 e. The molecular formula is C21H29N3O3S. The first kappa shape index (κ1) is 20.8. The predicted octanol–water partition coefficient (Wildman–Crippen LogP) is 2.38. The molecule has 1 atom stereocenters. The van der Waals surface area contributed by atoms with Crippen LogP contribution in [-0.2, 0) is 11.3 Å². The van der Waals surface area contributed by atoms with E-state index in [0.29, 0.717) is 36.7 Å². The van der Waals surface area contributed by atoms with Gasteiger partial charge in [0, 0.05) is 42.8 Å². The van der Waals surface area contributed by atoms with Crippen LogP contribution in [-0.4, -0.2) is 52.5 Å². The Hall–Kier alpha value is -1.96. The second kappa shape index (κ2) is 9.49. The van der Waals surface area contributed by atoms with E-state index in [1.807, 2.05) is 24.0 Å². The lowest BCUT2D eigenvalue weighted by molar-refractivity contribution is 0.113. The number of benzene rings is 1. The molecule has 2 aromatic rings. The van der Waals surface area contributed by atoms with Crippen LogP contribution in [0.25, 0.3) is 10.9 Å². The fourth-order valence-corrected chi connectivity index (χ4v) is 3.91. The number of aliphatic hydroxyl groups excluding tert-OH is 1. The van der Waals surface area contributed by atoms with Crippen LogP contribution in [0.3, 0.4) is 0 Å². The first-order valence-electron chi connectivity index (χ1n) is 9.86. The summed E-state index contributed by atoms with van der Waals surface area (Å²) < 4.78 is 5.64. The number of hydrogen-bond donors (Lipinski definition) is 3. The number of nitrogens with one attached hydrogen (secondary N) is 2. The predicted molar refractivity (Wildman–Crippen MR) is 116 cm³/mol. The number of rotatable bonds is 7. The lowest BCUT2D eigenvalue weighted by Crippen LogP contribution is -2.43. The summed E-state index contributed by atoms with van der Waals surface area (Å²) in [6.07, 6.45) is 2.90. The van der Waals surface area contributed by atoms with Gasteiger partial charge < -0.3 is 25.0 Å². The van der Waals surface area contributed by atoms with E-state index in [4.69, 9.17) is 17.0 Å². The first-order chi connectivity index (χ1) is 13.5. The molecular weight excluding hydrogens is 374 g/mol. The van der Waals surface area contributed by atoms with Crippen molar-refractivity contribution < 1.29 is 9.84 Å². The van der Waals surface area contributed by atoms with Crippen LogP contribution in [0.5, 0.6) is 0 Å². The number of pyridine rings is 1. The molecule has 1 saturated heterocycles. The number of aromatic nitrogens is 1. The lowest BCUT2D eigenvalue weighted by atomic mass is 10.0. The lowest BCUT2D eigenvalue weighted by Gasteiger charge is -2.26. The summed E-state index contributed by atoms with van der Waals surface area (Å²) in [5.74, 6) is 0. The van der Waals surface area contributed by atoms with Gasteiger partial charge in [-0.25, -0.2) is 0 Å². The summed E-state index contributed by atoms with van der Waals surface area (Å²) in [6.45, 7) is 6.60. The van der Waals surface area contributed by atoms with E-state index in [0.717, 1.165) is 41.5 Å². The van der Waals surface area contributed by atoms with Crippen molar-refractivity contribution in [3.63, 3.8) is 0 Å². The minimum atomic E-state index is -0.103. The normalized spacial score (nSPS) is 16.5. The SMILES string of the molecule is Cc1cc(C)c2cc(CN(CCCO)C(=S)NC[C@@H]3CCCO3)c(=O)[nH]c2c1. The van der Waals surface area contributed by atoms with Gasteiger partial charge in [-0.2, -0.15) is 0 Å². The van der Waals surface area contributed by atoms with Crippen molar-refractivity contribution in [2.75, 3.05) is 26.3 Å². The molecule has 152 valence electrons. The van der Waals surface area contributed by atoms with Gasteiger partial charge in [-0.3, -0.25) is 4.79 Å². The molecule has 0 amide bonds. The molecule has 0 aliphatic carbocycles. The van der Waals surface area contributed by atoms with E-state index < -0.39 is 0 Å². The van der Waals surface area contributed by atoms with Crippen LogP contribution in [0.2, 0.25) is 0 Å². The van der Waals surface area contributed by atoms with Gasteiger partial charge in [-0.15, -0.1) is 0 Å². The van der Waals surface area contributed by atoms with E-state index in [1.54, 1.807) is 0 Å². The molecule has 1 aliphatic rings. The summed E-state index contributed by atoms with van der Waals surface area (Å²) >= 11 is 5.57. The van der Waals surface area contributed by atoms with Gasteiger partial charge in [-0.1, -0.05) is 6.07 Å². The zero-order valence-corrected chi connectivity index (χ0v) is 17.4. The third-order valence-electron chi connectivity index (χ3n) is 5.13. The smallest absolute Gasteiger partial charge is 0.253 e. The maximum absolute atomic E-state index is 12.6. The Kier molecular flexibility index (Phi) is 7.04. The fourth-order valence-electron chi connectivity index (χ4n) is 3.67. The molecule has 0 spiro atoms. The molecule has 3 rings (SSSR count). The molecule has 1 aliphatic heterocycles. The molecule has 1 aromatic carbocycles. The number of aryl methyl sites for hydroxylation is 2. The number of hydrogen-bond acceptors (Lipinski definition) is 4.